The van der Waals surface area contributed by atoms with Gasteiger partial charge in [0.15, 0.2) is 5.16 Å². The van der Waals surface area contributed by atoms with Crippen LogP contribution < -0.4 is 5.32 Å². The molecule has 6 heteroatoms. The number of carbonyl (C=O) groups is 1. The Balaban J connectivity index is 1.54. The number of pyridine rings is 1. The average Bonchev–Trinajstić information content (AvgIpc) is 2.94. The second kappa shape index (κ2) is 6.85. The summed E-state index contributed by atoms with van der Waals surface area (Å²) < 4.78 is 1.97. The molecule has 0 aliphatic heterocycles. The van der Waals surface area contributed by atoms with Gasteiger partial charge in [0.25, 0.3) is 0 Å². The van der Waals surface area contributed by atoms with Crippen molar-refractivity contribution >= 4 is 34.8 Å². The highest BCUT2D eigenvalue weighted by atomic mass is 35.5. The van der Waals surface area contributed by atoms with E-state index >= 15 is 0 Å². The van der Waals surface area contributed by atoms with Gasteiger partial charge in [-0.05, 0) is 29.8 Å². The quantitative estimate of drug-likeness (QED) is 0.729. The summed E-state index contributed by atoms with van der Waals surface area (Å²) in [5.41, 5.74) is 2.00. The predicted octanol–water partition coefficient (Wildman–Crippen LogP) is 3.40. The van der Waals surface area contributed by atoms with Crippen LogP contribution in [0.4, 0.5) is 0 Å². The summed E-state index contributed by atoms with van der Waals surface area (Å²) >= 11 is 7.33. The molecule has 2 heterocycles. The molecule has 0 fully saturated rings. The monoisotopic (exact) mass is 331 g/mol. The lowest BCUT2D eigenvalue weighted by Crippen LogP contribution is -2.24. The molecule has 1 aromatic carbocycles. The Morgan fingerprint density at radius 2 is 2.18 bits per heavy atom. The Morgan fingerprint density at radius 1 is 1.27 bits per heavy atom. The number of nitrogens with zero attached hydrogens (tertiary/aromatic N) is 2. The highest BCUT2D eigenvalue weighted by molar-refractivity contribution is 7.99. The second-order valence-electron chi connectivity index (χ2n) is 4.73. The fourth-order valence-electron chi connectivity index (χ4n) is 2.05. The van der Waals surface area contributed by atoms with Gasteiger partial charge in [-0.25, -0.2) is 4.98 Å². The van der Waals surface area contributed by atoms with E-state index in [4.69, 9.17) is 11.6 Å². The van der Waals surface area contributed by atoms with Gasteiger partial charge in [0.2, 0.25) is 5.91 Å². The maximum atomic E-state index is 11.9. The SMILES string of the molecule is O=C(CSc1ncc2ccccn12)NCc1cccc(Cl)c1. The first-order valence-corrected chi connectivity index (χ1v) is 8.15. The molecule has 0 saturated heterocycles. The molecule has 4 nitrogen and oxygen atoms in total. The summed E-state index contributed by atoms with van der Waals surface area (Å²) in [5.74, 6) is 0.298. The highest BCUT2D eigenvalue weighted by Crippen LogP contribution is 2.18. The van der Waals surface area contributed by atoms with Crippen LogP contribution in [-0.2, 0) is 11.3 Å². The Hall–Kier alpha value is -1.98. The molecular weight excluding hydrogens is 318 g/mol. The van der Waals surface area contributed by atoms with E-state index in [2.05, 4.69) is 10.3 Å². The van der Waals surface area contributed by atoms with Crippen LogP contribution in [0.5, 0.6) is 0 Å². The van der Waals surface area contributed by atoms with Gasteiger partial charge in [-0.2, -0.15) is 0 Å². The third kappa shape index (κ3) is 3.61. The molecule has 0 spiro atoms. The Morgan fingerprint density at radius 3 is 3.05 bits per heavy atom. The lowest BCUT2D eigenvalue weighted by Gasteiger charge is -2.05. The van der Waals surface area contributed by atoms with Crippen molar-refractivity contribution < 1.29 is 4.79 Å². The summed E-state index contributed by atoms with van der Waals surface area (Å²) in [4.78, 5) is 16.3. The molecule has 2 aromatic heterocycles. The van der Waals surface area contributed by atoms with Gasteiger partial charge < -0.3 is 5.32 Å². The van der Waals surface area contributed by atoms with Crippen molar-refractivity contribution in [2.45, 2.75) is 11.7 Å². The Bertz CT molecular complexity index is 803. The number of rotatable bonds is 5. The third-order valence-corrected chi connectivity index (χ3v) is 4.32. The molecule has 0 unspecified atom stereocenters. The highest BCUT2D eigenvalue weighted by Gasteiger charge is 2.07. The van der Waals surface area contributed by atoms with Crippen LogP contribution >= 0.6 is 23.4 Å². The largest absolute Gasteiger partial charge is 0.351 e. The van der Waals surface area contributed by atoms with Gasteiger partial charge in [-0.15, -0.1) is 0 Å². The zero-order valence-corrected chi connectivity index (χ0v) is 13.3. The van der Waals surface area contributed by atoms with Crippen molar-refractivity contribution in [1.82, 2.24) is 14.7 Å². The molecular formula is C16H14ClN3OS. The smallest absolute Gasteiger partial charge is 0.230 e. The van der Waals surface area contributed by atoms with Gasteiger partial charge in [0.1, 0.15) is 0 Å². The van der Waals surface area contributed by atoms with E-state index in [1.165, 1.54) is 11.8 Å². The van der Waals surface area contributed by atoms with Crippen molar-refractivity contribution in [3.63, 3.8) is 0 Å². The lowest BCUT2D eigenvalue weighted by atomic mass is 10.2. The molecule has 112 valence electrons. The molecule has 1 amide bonds. The zero-order chi connectivity index (χ0) is 15.4. The minimum Gasteiger partial charge on any atom is -0.351 e. The first-order chi connectivity index (χ1) is 10.7. The van der Waals surface area contributed by atoms with Gasteiger partial charge in [0, 0.05) is 17.8 Å². The zero-order valence-electron chi connectivity index (χ0n) is 11.7. The molecule has 3 rings (SSSR count). The van der Waals surface area contributed by atoms with E-state index in [1.54, 1.807) is 6.20 Å². The lowest BCUT2D eigenvalue weighted by molar-refractivity contribution is -0.118. The second-order valence-corrected chi connectivity index (χ2v) is 6.11. The molecule has 1 N–H and O–H groups in total. The summed E-state index contributed by atoms with van der Waals surface area (Å²) in [6, 6.07) is 13.3. The number of benzene rings is 1. The van der Waals surface area contributed by atoms with Gasteiger partial charge >= 0.3 is 0 Å². The first-order valence-electron chi connectivity index (χ1n) is 6.78. The number of carbonyl (C=O) groups excluding carboxylic acids is 1. The van der Waals surface area contributed by atoms with E-state index in [-0.39, 0.29) is 5.91 Å². The maximum absolute atomic E-state index is 11.9. The molecule has 0 radical (unpaired) electrons. The summed E-state index contributed by atoms with van der Waals surface area (Å²) in [6.45, 7) is 0.474. The van der Waals surface area contributed by atoms with Crippen molar-refractivity contribution in [2.24, 2.45) is 0 Å². The fourth-order valence-corrected chi connectivity index (χ4v) is 3.06. The number of hydrogen-bond donors (Lipinski definition) is 1. The van der Waals surface area contributed by atoms with Crippen LogP contribution in [0.25, 0.3) is 5.52 Å². The fraction of sp³-hybridized carbons (Fsp3) is 0.125. The predicted molar refractivity (Wildman–Crippen MR) is 89.2 cm³/mol. The normalized spacial score (nSPS) is 10.8. The number of hydrogen-bond acceptors (Lipinski definition) is 3. The molecule has 22 heavy (non-hydrogen) atoms. The van der Waals surface area contributed by atoms with Crippen LogP contribution in [0.2, 0.25) is 5.02 Å². The average molecular weight is 332 g/mol. The van der Waals surface area contributed by atoms with Crippen LogP contribution in [0.3, 0.4) is 0 Å². The molecule has 0 saturated carbocycles. The van der Waals surface area contributed by atoms with Crippen LogP contribution in [-0.4, -0.2) is 21.0 Å². The van der Waals surface area contributed by atoms with Crippen molar-refractivity contribution in [2.75, 3.05) is 5.75 Å². The topological polar surface area (TPSA) is 46.4 Å². The van der Waals surface area contributed by atoms with E-state index in [1.807, 2.05) is 53.1 Å². The number of thioether (sulfide) groups is 1. The number of halogens is 1. The molecule has 0 bridgehead atoms. The van der Waals surface area contributed by atoms with Gasteiger partial charge in [-0.3, -0.25) is 9.20 Å². The maximum Gasteiger partial charge on any atom is 0.230 e. The van der Waals surface area contributed by atoms with Gasteiger partial charge in [-0.1, -0.05) is 41.6 Å². The minimum absolute atomic E-state index is 0.0299. The minimum atomic E-state index is -0.0299. The molecule has 0 atom stereocenters. The Kier molecular flexibility index (Phi) is 4.65. The molecule has 3 aromatic rings. The number of nitrogens with one attached hydrogen (secondary N) is 1. The van der Waals surface area contributed by atoms with E-state index in [9.17, 15) is 4.79 Å². The third-order valence-electron chi connectivity index (χ3n) is 3.12. The summed E-state index contributed by atoms with van der Waals surface area (Å²) in [5, 5.41) is 4.37. The molecule has 0 aliphatic carbocycles. The summed E-state index contributed by atoms with van der Waals surface area (Å²) in [6.07, 6.45) is 3.74. The molecule has 0 aliphatic rings. The van der Waals surface area contributed by atoms with E-state index in [0.717, 1.165) is 16.2 Å². The number of fused-ring (bicyclic) bond motifs is 1. The number of aromatic nitrogens is 2. The number of amides is 1. The standard InChI is InChI=1S/C16H14ClN3OS/c17-13-5-3-4-12(8-13)9-18-15(21)11-22-16-19-10-14-6-1-2-7-20(14)16/h1-8,10H,9,11H2,(H,18,21). The Labute approximate surface area is 137 Å². The van der Waals surface area contributed by atoms with Crippen molar-refractivity contribution in [3.8, 4) is 0 Å². The first kappa shape index (κ1) is 14.9. The number of imidazole rings is 1. The van der Waals surface area contributed by atoms with E-state index < -0.39 is 0 Å². The van der Waals surface area contributed by atoms with Crippen molar-refractivity contribution in [3.05, 3.63) is 65.4 Å². The van der Waals surface area contributed by atoms with Crippen molar-refractivity contribution in [1.29, 1.82) is 0 Å². The summed E-state index contributed by atoms with van der Waals surface area (Å²) in [7, 11) is 0. The van der Waals surface area contributed by atoms with E-state index in [0.29, 0.717) is 17.3 Å². The van der Waals surface area contributed by atoms with Gasteiger partial charge in [0.05, 0.1) is 17.5 Å². The van der Waals surface area contributed by atoms with Crippen LogP contribution in [0, 0.1) is 0 Å². The van der Waals surface area contributed by atoms with Crippen LogP contribution in [0.15, 0.2) is 60.0 Å². The van der Waals surface area contributed by atoms with Crippen LogP contribution in [0.1, 0.15) is 5.56 Å².